The Morgan fingerprint density at radius 2 is 2.29 bits per heavy atom. The number of aromatic nitrogens is 1. The summed E-state index contributed by atoms with van der Waals surface area (Å²) >= 11 is 5.36. The van der Waals surface area contributed by atoms with Crippen LogP contribution in [0.15, 0.2) is 24.4 Å². The maximum Gasteiger partial charge on any atom is 0.166 e. The fourth-order valence-electron chi connectivity index (χ4n) is 4.55. The molecule has 4 atom stereocenters. The first-order chi connectivity index (χ1) is 13.7. The fraction of sp³-hybridized carbons (Fsp3) is 0.714. The van der Waals surface area contributed by atoms with E-state index in [1.807, 2.05) is 12.3 Å². The summed E-state index contributed by atoms with van der Waals surface area (Å²) in [4.78, 5) is 9.60. The molecule has 2 N–H and O–H groups in total. The quantitative estimate of drug-likeness (QED) is 0.450. The lowest BCUT2D eigenvalue weighted by Gasteiger charge is -2.50. The molecule has 1 aromatic rings. The number of rotatable bonds is 10. The molecule has 0 saturated carbocycles. The Morgan fingerprint density at radius 1 is 1.39 bits per heavy atom. The summed E-state index contributed by atoms with van der Waals surface area (Å²) in [6, 6.07) is 6.78. The molecule has 0 spiro atoms. The zero-order valence-corrected chi connectivity index (χ0v) is 18.1. The van der Waals surface area contributed by atoms with Crippen molar-refractivity contribution in [2.24, 2.45) is 11.8 Å². The van der Waals surface area contributed by atoms with Gasteiger partial charge in [0.15, 0.2) is 5.11 Å². The first-order valence-corrected chi connectivity index (χ1v) is 10.9. The van der Waals surface area contributed by atoms with Gasteiger partial charge in [-0.1, -0.05) is 6.07 Å². The van der Waals surface area contributed by atoms with E-state index in [0.29, 0.717) is 12.6 Å². The number of pyridine rings is 1. The number of nitrogens with one attached hydrogen (secondary N) is 2. The van der Waals surface area contributed by atoms with Crippen molar-refractivity contribution in [1.82, 2.24) is 25.4 Å². The van der Waals surface area contributed by atoms with Gasteiger partial charge in [-0.05, 0) is 62.6 Å². The Bertz CT molecular complexity index is 602. The van der Waals surface area contributed by atoms with Gasteiger partial charge in [0.1, 0.15) is 0 Å². The summed E-state index contributed by atoms with van der Waals surface area (Å²) in [5, 5.41) is 7.33. The predicted octanol–water partition coefficient (Wildman–Crippen LogP) is 1.38. The summed E-state index contributed by atoms with van der Waals surface area (Å²) in [6.07, 6.45) is 5.53. The van der Waals surface area contributed by atoms with Gasteiger partial charge in [-0.25, -0.2) is 0 Å². The van der Waals surface area contributed by atoms with E-state index in [4.69, 9.17) is 17.0 Å². The summed E-state index contributed by atoms with van der Waals surface area (Å²) in [7, 11) is 3.96. The van der Waals surface area contributed by atoms with E-state index in [-0.39, 0.29) is 0 Å². The van der Waals surface area contributed by atoms with Crippen molar-refractivity contribution in [3.8, 4) is 0 Å². The van der Waals surface area contributed by atoms with Crippen molar-refractivity contribution >= 4 is 17.3 Å². The normalized spacial score (nSPS) is 26.4. The topological polar surface area (TPSA) is 52.7 Å². The van der Waals surface area contributed by atoms with E-state index < -0.39 is 0 Å². The predicted molar refractivity (Wildman–Crippen MR) is 117 cm³/mol. The molecule has 0 amide bonds. The van der Waals surface area contributed by atoms with E-state index in [1.165, 1.54) is 38.2 Å². The van der Waals surface area contributed by atoms with Crippen LogP contribution in [0.3, 0.4) is 0 Å². The van der Waals surface area contributed by atoms with Gasteiger partial charge in [-0.2, -0.15) is 0 Å². The summed E-state index contributed by atoms with van der Waals surface area (Å²) < 4.78 is 5.05. The van der Waals surface area contributed by atoms with Gasteiger partial charge in [-0.3, -0.25) is 9.88 Å². The van der Waals surface area contributed by atoms with Gasteiger partial charge in [0.2, 0.25) is 0 Å². The minimum atomic E-state index is 0.607. The number of fused-ring (bicyclic) bond motifs is 3. The van der Waals surface area contributed by atoms with Crippen LogP contribution in [0.2, 0.25) is 0 Å². The Hall–Kier alpha value is -1.28. The van der Waals surface area contributed by atoms with Crippen LogP contribution >= 0.6 is 12.2 Å². The van der Waals surface area contributed by atoms with E-state index >= 15 is 0 Å². The average Bonchev–Trinajstić information content (AvgIpc) is 2.72. The van der Waals surface area contributed by atoms with Crippen LogP contribution in [0.4, 0.5) is 0 Å². The number of nitrogens with zero attached hydrogens (tertiary/aromatic N) is 3. The maximum absolute atomic E-state index is 5.36. The Morgan fingerprint density at radius 3 is 3.00 bits per heavy atom. The number of hydrogen-bond acceptors (Lipinski definition) is 5. The van der Waals surface area contributed by atoms with Crippen molar-refractivity contribution in [1.29, 1.82) is 0 Å². The van der Waals surface area contributed by atoms with Gasteiger partial charge in [0.05, 0.1) is 6.61 Å². The molecule has 4 rings (SSSR count). The lowest BCUT2D eigenvalue weighted by Crippen LogP contribution is -2.58. The van der Waals surface area contributed by atoms with Gasteiger partial charge in [0.25, 0.3) is 0 Å². The molecule has 4 heterocycles. The minimum Gasteiger partial charge on any atom is -0.383 e. The highest BCUT2D eigenvalue weighted by Crippen LogP contribution is 2.36. The van der Waals surface area contributed by atoms with Crippen molar-refractivity contribution in [2.45, 2.75) is 25.3 Å². The molecule has 7 heteroatoms. The molecule has 1 unspecified atom stereocenters. The highest BCUT2D eigenvalue weighted by atomic mass is 32.1. The van der Waals surface area contributed by atoms with Crippen molar-refractivity contribution in [3.63, 3.8) is 0 Å². The fourth-order valence-corrected chi connectivity index (χ4v) is 4.74. The third kappa shape index (κ3) is 6.37. The van der Waals surface area contributed by atoms with Gasteiger partial charge >= 0.3 is 0 Å². The first-order valence-electron chi connectivity index (χ1n) is 10.5. The maximum atomic E-state index is 5.36. The van der Waals surface area contributed by atoms with Crippen molar-refractivity contribution in [3.05, 3.63) is 30.1 Å². The van der Waals surface area contributed by atoms with Gasteiger partial charge in [0, 0.05) is 64.2 Å². The first kappa shape index (κ1) is 21.4. The Balaban J connectivity index is 1.37. The second-order valence-corrected chi connectivity index (χ2v) is 8.56. The summed E-state index contributed by atoms with van der Waals surface area (Å²) in [5.74, 6) is 1.62. The zero-order valence-electron chi connectivity index (χ0n) is 17.3. The van der Waals surface area contributed by atoms with Crippen LogP contribution in [0, 0.1) is 11.8 Å². The van der Waals surface area contributed by atoms with Crippen LogP contribution in [-0.2, 0) is 11.2 Å². The van der Waals surface area contributed by atoms with E-state index in [1.54, 1.807) is 7.11 Å². The summed E-state index contributed by atoms with van der Waals surface area (Å²) in [6.45, 7) is 7.08. The van der Waals surface area contributed by atoms with E-state index in [2.05, 4.69) is 44.6 Å². The van der Waals surface area contributed by atoms with E-state index in [9.17, 15) is 0 Å². The van der Waals surface area contributed by atoms with Crippen molar-refractivity contribution in [2.75, 3.05) is 60.0 Å². The molecule has 3 saturated heterocycles. The second-order valence-electron chi connectivity index (χ2n) is 8.16. The number of thiocarbonyl (C=S) groups is 1. The van der Waals surface area contributed by atoms with E-state index in [0.717, 1.165) is 43.0 Å². The zero-order chi connectivity index (χ0) is 19.8. The van der Waals surface area contributed by atoms with Crippen LogP contribution in [-0.4, -0.2) is 86.0 Å². The summed E-state index contributed by atoms with van der Waals surface area (Å²) in [5.41, 5.74) is 1.18. The monoisotopic (exact) mass is 405 g/mol. The molecule has 6 nitrogen and oxygen atoms in total. The molecule has 156 valence electrons. The molecule has 2 bridgehead atoms. The Kier molecular flexibility index (Phi) is 8.45. The van der Waals surface area contributed by atoms with Gasteiger partial charge in [-0.15, -0.1) is 0 Å². The largest absolute Gasteiger partial charge is 0.383 e. The number of ether oxygens (including phenoxy) is 1. The highest BCUT2D eigenvalue weighted by molar-refractivity contribution is 7.80. The molecule has 0 aromatic carbocycles. The van der Waals surface area contributed by atoms with Crippen LogP contribution in [0.25, 0.3) is 0 Å². The lowest BCUT2D eigenvalue weighted by molar-refractivity contribution is -0.00764. The third-order valence-electron chi connectivity index (χ3n) is 6.13. The van der Waals surface area contributed by atoms with Crippen LogP contribution in [0.5, 0.6) is 0 Å². The molecule has 1 aromatic heterocycles. The minimum absolute atomic E-state index is 0.607. The molecule has 0 aliphatic carbocycles. The molecule has 3 aliphatic heterocycles. The van der Waals surface area contributed by atoms with Crippen LogP contribution in [0.1, 0.15) is 18.5 Å². The molecule has 0 radical (unpaired) electrons. The lowest BCUT2D eigenvalue weighted by atomic mass is 9.75. The Labute approximate surface area is 175 Å². The molecular formula is C21H35N5OS. The molecule has 3 aliphatic rings. The molecule has 28 heavy (non-hydrogen) atoms. The van der Waals surface area contributed by atoms with Crippen LogP contribution < -0.4 is 10.6 Å². The number of likely N-dealkylation sites (N-methyl/N-ethyl adjacent to an activating group) is 1. The standard InChI is InChI=1S/C21H35N5OS/c1-25(10-7-19-5-3-4-8-22-19)15-18-16-26-11-6-17(18)13-20(26)14-24-21(28)23-9-12-27-2/h3-5,8,17-18,20H,6-7,9-16H2,1-2H3,(H2,23,24,28)/t17-,18+,20+/m0/s1. The highest BCUT2D eigenvalue weighted by Gasteiger charge is 2.40. The number of piperidine rings is 3. The molecular weight excluding hydrogens is 370 g/mol. The van der Waals surface area contributed by atoms with Crippen molar-refractivity contribution < 1.29 is 4.74 Å². The molecule has 3 fully saturated rings. The second kappa shape index (κ2) is 11.0. The SMILES string of the molecule is COCCNC(=S)NC[C@H]1C[C@@H]2CCN1C[C@H]2CN(C)CCc1ccccn1. The number of hydrogen-bond donors (Lipinski definition) is 2. The number of methoxy groups -OCH3 is 1. The smallest absolute Gasteiger partial charge is 0.166 e. The average molecular weight is 406 g/mol. The third-order valence-corrected chi connectivity index (χ3v) is 6.41. The van der Waals surface area contributed by atoms with Gasteiger partial charge < -0.3 is 20.3 Å².